The van der Waals surface area contributed by atoms with Crippen LogP contribution in [0.25, 0.3) is 0 Å². The van der Waals surface area contributed by atoms with Crippen molar-refractivity contribution in [2.24, 2.45) is 17.8 Å². The summed E-state index contributed by atoms with van der Waals surface area (Å²) in [5, 5.41) is 0. The molecule has 0 spiro atoms. The second kappa shape index (κ2) is 9.09. The van der Waals surface area contributed by atoms with Crippen molar-refractivity contribution in [2.75, 3.05) is 0 Å². The Kier molecular flexibility index (Phi) is 11.0. The van der Waals surface area contributed by atoms with Crippen LogP contribution in [0.1, 0.15) is 61.3 Å². The standard InChI is InChI=1S/C7H16.C5H12/c1-6(2)5-7(3)4;1-4-5(2)3/h6-7H,5H2,1-4H3;5H,4H2,1-3H3. The lowest BCUT2D eigenvalue weighted by Crippen LogP contribution is -1.93. The molecule has 0 amide bonds. The van der Waals surface area contributed by atoms with E-state index in [1.807, 2.05) is 0 Å². The third-order valence-electron chi connectivity index (χ3n) is 1.76. The van der Waals surface area contributed by atoms with Crippen LogP contribution in [-0.2, 0) is 0 Å². The van der Waals surface area contributed by atoms with E-state index in [2.05, 4.69) is 48.5 Å². The third kappa shape index (κ3) is 22.5. The number of hydrogen-bond acceptors (Lipinski definition) is 0. The Morgan fingerprint density at radius 2 is 0.917 bits per heavy atom. The lowest BCUT2D eigenvalue weighted by atomic mass is 10.0. The zero-order valence-corrected chi connectivity index (χ0v) is 10.1. The summed E-state index contributed by atoms with van der Waals surface area (Å²) >= 11 is 0. The average Bonchev–Trinajstić information content (AvgIpc) is 1.85. The van der Waals surface area contributed by atoms with Gasteiger partial charge in [0.2, 0.25) is 0 Å². The molecule has 0 aliphatic heterocycles. The molecular weight excluding hydrogens is 144 g/mol. The minimum atomic E-state index is 0.875. The molecule has 0 rings (SSSR count). The van der Waals surface area contributed by atoms with E-state index in [9.17, 15) is 0 Å². The summed E-state index contributed by atoms with van der Waals surface area (Å²) < 4.78 is 0. The second-order valence-electron chi connectivity index (χ2n) is 4.83. The predicted molar refractivity (Wildman–Crippen MR) is 59.4 cm³/mol. The minimum absolute atomic E-state index is 0.875. The molecule has 0 nitrogen and oxygen atoms in total. The largest absolute Gasteiger partial charge is 0.0651 e. The monoisotopic (exact) mass is 172 g/mol. The quantitative estimate of drug-likeness (QED) is 0.577. The van der Waals surface area contributed by atoms with E-state index in [4.69, 9.17) is 0 Å². The Hall–Kier alpha value is 0. The summed E-state index contributed by atoms with van der Waals surface area (Å²) in [6, 6.07) is 0. The maximum absolute atomic E-state index is 2.26. The molecule has 0 saturated carbocycles. The van der Waals surface area contributed by atoms with Crippen molar-refractivity contribution < 1.29 is 0 Å². The first-order valence-electron chi connectivity index (χ1n) is 5.40. The van der Waals surface area contributed by atoms with E-state index in [0.717, 1.165) is 17.8 Å². The summed E-state index contributed by atoms with van der Waals surface area (Å²) in [6.07, 6.45) is 2.67. The molecule has 0 fully saturated rings. The highest BCUT2D eigenvalue weighted by molar-refractivity contribution is 4.47. The molecule has 76 valence electrons. The van der Waals surface area contributed by atoms with Crippen LogP contribution in [0.5, 0.6) is 0 Å². The zero-order valence-electron chi connectivity index (χ0n) is 10.1. The van der Waals surface area contributed by atoms with Crippen molar-refractivity contribution in [1.82, 2.24) is 0 Å². The fraction of sp³-hybridized carbons (Fsp3) is 1.00. The van der Waals surface area contributed by atoms with Gasteiger partial charge in [-0.15, -0.1) is 0 Å². The van der Waals surface area contributed by atoms with Crippen LogP contribution in [0, 0.1) is 17.8 Å². The molecule has 0 radical (unpaired) electrons. The fourth-order valence-corrected chi connectivity index (χ4v) is 0.943. The molecule has 0 aliphatic rings. The van der Waals surface area contributed by atoms with E-state index < -0.39 is 0 Å². The molecule has 0 bridgehead atoms. The van der Waals surface area contributed by atoms with Gasteiger partial charge in [0.1, 0.15) is 0 Å². The van der Waals surface area contributed by atoms with Crippen molar-refractivity contribution in [1.29, 1.82) is 0 Å². The highest BCUT2D eigenvalue weighted by atomic mass is 14.0. The summed E-state index contributed by atoms with van der Waals surface area (Å²) in [5.74, 6) is 2.63. The van der Waals surface area contributed by atoms with Crippen molar-refractivity contribution in [2.45, 2.75) is 61.3 Å². The molecule has 0 aliphatic carbocycles. The number of hydrogen-bond donors (Lipinski definition) is 0. The zero-order chi connectivity index (χ0) is 10.1. The van der Waals surface area contributed by atoms with Crippen molar-refractivity contribution in [3.63, 3.8) is 0 Å². The minimum Gasteiger partial charge on any atom is -0.0651 e. The van der Waals surface area contributed by atoms with Crippen LogP contribution in [0.2, 0.25) is 0 Å². The van der Waals surface area contributed by atoms with Crippen molar-refractivity contribution in [3.8, 4) is 0 Å². The predicted octanol–water partition coefficient (Wildman–Crippen LogP) is 4.74. The fourth-order valence-electron chi connectivity index (χ4n) is 0.943. The topological polar surface area (TPSA) is 0 Å². The first kappa shape index (κ1) is 14.5. The molecule has 0 aromatic carbocycles. The van der Waals surface area contributed by atoms with Crippen LogP contribution >= 0.6 is 0 Å². The van der Waals surface area contributed by atoms with Crippen molar-refractivity contribution >= 4 is 0 Å². The Labute approximate surface area is 79.8 Å². The van der Waals surface area contributed by atoms with Crippen molar-refractivity contribution in [3.05, 3.63) is 0 Å². The first-order valence-corrected chi connectivity index (χ1v) is 5.40. The van der Waals surface area contributed by atoms with Gasteiger partial charge in [0.15, 0.2) is 0 Å². The van der Waals surface area contributed by atoms with Gasteiger partial charge in [-0.3, -0.25) is 0 Å². The summed E-state index contributed by atoms with van der Waals surface area (Å²) in [7, 11) is 0. The SMILES string of the molecule is CC(C)CC(C)C.CCC(C)C. The molecule has 0 aromatic rings. The van der Waals surface area contributed by atoms with E-state index in [0.29, 0.717) is 0 Å². The van der Waals surface area contributed by atoms with Gasteiger partial charge in [0.05, 0.1) is 0 Å². The van der Waals surface area contributed by atoms with Gasteiger partial charge in [-0.2, -0.15) is 0 Å². The maximum atomic E-state index is 2.26. The molecule has 0 aromatic heterocycles. The van der Waals surface area contributed by atoms with Crippen LogP contribution in [0.15, 0.2) is 0 Å². The summed E-state index contributed by atoms with van der Waals surface area (Å²) in [6.45, 7) is 15.7. The van der Waals surface area contributed by atoms with Crippen LogP contribution in [-0.4, -0.2) is 0 Å². The summed E-state index contributed by atoms with van der Waals surface area (Å²) in [4.78, 5) is 0. The van der Waals surface area contributed by atoms with Gasteiger partial charge in [0.25, 0.3) is 0 Å². The highest BCUT2D eigenvalue weighted by Gasteiger charge is 1.95. The first-order chi connectivity index (χ1) is 5.40. The highest BCUT2D eigenvalue weighted by Crippen LogP contribution is 2.08. The van der Waals surface area contributed by atoms with Gasteiger partial charge in [0, 0.05) is 0 Å². The van der Waals surface area contributed by atoms with Gasteiger partial charge in [-0.05, 0) is 24.2 Å². The lowest BCUT2D eigenvalue weighted by molar-refractivity contribution is 0.469. The van der Waals surface area contributed by atoms with Gasteiger partial charge in [-0.25, -0.2) is 0 Å². The van der Waals surface area contributed by atoms with Gasteiger partial charge in [-0.1, -0.05) is 54.9 Å². The Balaban J connectivity index is 0. The van der Waals surface area contributed by atoms with E-state index in [1.54, 1.807) is 0 Å². The van der Waals surface area contributed by atoms with Gasteiger partial charge >= 0.3 is 0 Å². The lowest BCUT2D eigenvalue weighted by Gasteiger charge is -2.05. The normalized spacial score (nSPS) is 10.5. The van der Waals surface area contributed by atoms with E-state index >= 15 is 0 Å². The molecule has 0 N–H and O–H groups in total. The Morgan fingerprint density at radius 3 is 0.917 bits per heavy atom. The van der Waals surface area contributed by atoms with E-state index in [-0.39, 0.29) is 0 Å². The third-order valence-corrected chi connectivity index (χ3v) is 1.76. The molecule has 0 heterocycles. The second-order valence-corrected chi connectivity index (χ2v) is 4.83. The maximum Gasteiger partial charge on any atom is -0.0469 e. The smallest absolute Gasteiger partial charge is 0.0469 e. The molecule has 0 unspecified atom stereocenters. The molecule has 0 atom stereocenters. The molecular formula is C12H28. The summed E-state index contributed by atoms with van der Waals surface area (Å²) in [5.41, 5.74) is 0. The van der Waals surface area contributed by atoms with Crippen LogP contribution in [0.4, 0.5) is 0 Å². The Morgan fingerprint density at radius 1 is 0.667 bits per heavy atom. The number of rotatable bonds is 3. The molecule has 0 heteroatoms. The Bertz CT molecular complexity index is 64.1. The molecule has 12 heavy (non-hydrogen) atoms. The van der Waals surface area contributed by atoms with E-state index in [1.165, 1.54) is 12.8 Å². The van der Waals surface area contributed by atoms with Gasteiger partial charge < -0.3 is 0 Å². The molecule has 0 saturated heterocycles. The van der Waals surface area contributed by atoms with Crippen LogP contribution < -0.4 is 0 Å². The van der Waals surface area contributed by atoms with Crippen LogP contribution in [0.3, 0.4) is 0 Å². The average molecular weight is 172 g/mol.